The molecule has 1 fully saturated rings. The normalized spacial score (nSPS) is 14.6. The van der Waals surface area contributed by atoms with E-state index in [0.717, 1.165) is 18.4 Å². The lowest BCUT2D eigenvalue weighted by molar-refractivity contribution is 0.0769. The number of rotatable bonds is 7. The second kappa shape index (κ2) is 8.99. The number of hydrogen-bond acceptors (Lipinski definition) is 6. The minimum absolute atomic E-state index is 0.0540. The molecule has 4 rings (SSSR count). The number of aromatic nitrogens is 2. The number of sulfonamides is 1. The summed E-state index contributed by atoms with van der Waals surface area (Å²) in [4.78, 5) is 18.6. The smallest absolute Gasteiger partial charge is 0.254 e. The zero-order valence-electron chi connectivity index (χ0n) is 17.3. The zero-order chi connectivity index (χ0) is 21.8. The van der Waals surface area contributed by atoms with E-state index >= 15 is 0 Å². The van der Waals surface area contributed by atoms with Crippen LogP contribution >= 0.6 is 0 Å². The maximum absolute atomic E-state index is 12.7. The number of benzene rings is 2. The van der Waals surface area contributed by atoms with Crippen molar-refractivity contribution in [2.24, 2.45) is 0 Å². The lowest BCUT2D eigenvalue weighted by atomic mass is 10.1. The Balaban J connectivity index is 1.38. The van der Waals surface area contributed by atoms with Crippen LogP contribution in [0.15, 0.2) is 59.1 Å². The third kappa shape index (κ3) is 5.00. The van der Waals surface area contributed by atoms with Gasteiger partial charge in [0.15, 0.2) is 0 Å². The number of amides is 1. The van der Waals surface area contributed by atoms with E-state index in [2.05, 4.69) is 10.1 Å². The van der Waals surface area contributed by atoms with E-state index in [1.807, 2.05) is 30.3 Å². The lowest BCUT2D eigenvalue weighted by Gasteiger charge is -2.16. The van der Waals surface area contributed by atoms with Crippen molar-refractivity contribution >= 4 is 15.9 Å². The van der Waals surface area contributed by atoms with Crippen LogP contribution in [0.4, 0.5) is 0 Å². The first-order valence-electron chi connectivity index (χ1n) is 10.1. The van der Waals surface area contributed by atoms with Crippen LogP contribution in [0, 0.1) is 0 Å². The Morgan fingerprint density at radius 1 is 1.06 bits per heavy atom. The number of carbonyl (C=O) groups excluding carboxylic acids is 1. The van der Waals surface area contributed by atoms with Crippen molar-refractivity contribution in [3.05, 3.63) is 71.6 Å². The van der Waals surface area contributed by atoms with Gasteiger partial charge in [0.2, 0.25) is 21.7 Å². The van der Waals surface area contributed by atoms with Crippen LogP contribution in [0.25, 0.3) is 11.4 Å². The highest BCUT2D eigenvalue weighted by Gasteiger charge is 2.25. The maximum Gasteiger partial charge on any atom is 0.254 e. The van der Waals surface area contributed by atoms with Crippen LogP contribution < -0.4 is 0 Å². The second-order valence-electron chi connectivity index (χ2n) is 7.60. The van der Waals surface area contributed by atoms with Gasteiger partial charge in [-0.1, -0.05) is 47.6 Å². The number of carbonyl (C=O) groups is 1. The van der Waals surface area contributed by atoms with Gasteiger partial charge in [-0.15, -0.1) is 0 Å². The van der Waals surface area contributed by atoms with Crippen molar-refractivity contribution in [2.45, 2.75) is 25.1 Å². The third-order valence-electron chi connectivity index (χ3n) is 5.23. The van der Waals surface area contributed by atoms with E-state index in [1.165, 1.54) is 9.21 Å². The molecule has 1 amide bonds. The fourth-order valence-electron chi connectivity index (χ4n) is 3.53. The fraction of sp³-hybridized carbons (Fsp3) is 0.318. The van der Waals surface area contributed by atoms with Crippen molar-refractivity contribution in [3.8, 4) is 11.4 Å². The van der Waals surface area contributed by atoms with Gasteiger partial charge in [-0.05, 0) is 30.5 Å². The summed E-state index contributed by atoms with van der Waals surface area (Å²) >= 11 is 0. The molecule has 0 N–H and O–H groups in total. The molecule has 9 heteroatoms. The lowest BCUT2D eigenvalue weighted by Crippen LogP contribution is -2.29. The molecule has 31 heavy (non-hydrogen) atoms. The summed E-state index contributed by atoms with van der Waals surface area (Å²) in [6.07, 6.45) is 1.82. The van der Waals surface area contributed by atoms with Gasteiger partial charge < -0.3 is 9.42 Å². The third-order valence-corrected chi connectivity index (χ3v) is 7.08. The summed E-state index contributed by atoms with van der Waals surface area (Å²) in [5.74, 6) is 0.540. The van der Waals surface area contributed by atoms with E-state index in [-0.39, 0.29) is 18.2 Å². The summed E-state index contributed by atoms with van der Waals surface area (Å²) < 4.78 is 31.7. The van der Waals surface area contributed by atoms with Gasteiger partial charge in [-0.2, -0.15) is 4.98 Å². The van der Waals surface area contributed by atoms with E-state index in [9.17, 15) is 13.2 Å². The Hall–Kier alpha value is -3.04. The molecule has 0 atom stereocenters. The van der Waals surface area contributed by atoms with Crippen molar-refractivity contribution < 1.29 is 17.7 Å². The molecule has 0 radical (unpaired) electrons. The molecule has 0 saturated carbocycles. The minimum Gasteiger partial charge on any atom is -0.337 e. The summed E-state index contributed by atoms with van der Waals surface area (Å²) in [7, 11) is -1.66. The molecule has 3 aromatic rings. The van der Waals surface area contributed by atoms with Crippen molar-refractivity contribution in [3.63, 3.8) is 0 Å². The molecular formula is C22H24N4O4S. The van der Waals surface area contributed by atoms with Crippen LogP contribution in [0.1, 0.15) is 34.7 Å². The molecule has 2 heterocycles. The fourth-order valence-corrected chi connectivity index (χ4v) is 5.14. The van der Waals surface area contributed by atoms with Gasteiger partial charge in [0, 0.05) is 31.3 Å². The van der Waals surface area contributed by atoms with Crippen molar-refractivity contribution in [2.75, 3.05) is 20.1 Å². The average molecular weight is 441 g/mol. The Kier molecular flexibility index (Phi) is 6.15. The Morgan fingerprint density at radius 2 is 1.74 bits per heavy atom. The van der Waals surface area contributed by atoms with E-state index < -0.39 is 10.0 Å². The first kappa shape index (κ1) is 21.2. The molecule has 0 aliphatic carbocycles. The van der Waals surface area contributed by atoms with E-state index in [1.54, 1.807) is 31.3 Å². The maximum atomic E-state index is 12.7. The molecule has 0 unspecified atom stereocenters. The minimum atomic E-state index is -3.31. The van der Waals surface area contributed by atoms with Crippen molar-refractivity contribution in [1.29, 1.82) is 0 Å². The second-order valence-corrected chi connectivity index (χ2v) is 9.57. The number of hydrogen-bond donors (Lipinski definition) is 0. The van der Waals surface area contributed by atoms with Gasteiger partial charge in [0.25, 0.3) is 5.91 Å². The predicted molar refractivity (Wildman–Crippen MR) is 115 cm³/mol. The highest BCUT2D eigenvalue weighted by atomic mass is 32.2. The van der Waals surface area contributed by atoms with Gasteiger partial charge in [0.1, 0.15) is 0 Å². The first-order chi connectivity index (χ1) is 14.9. The van der Waals surface area contributed by atoms with Crippen LogP contribution in [-0.2, 0) is 22.3 Å². The average Bonchev–Trinajstić information content (AvgIpc) is 3.47. The number of nitrogens with zero attached hydrogens (tertiary/aromatic N) is 4. The molecule has 0 spiro atoms. The Labute approximate surface area is 181 Å². The summed E-state index contributed by atoms with van der Waals surface area (Å²) in [5, 5.41) is 3.96. The highest BCUT2D eigenvalue weighted by molar-refractivity contribution is 7.88. The SMILES string of the molecule is CN(Cc1nc(-c2ccccc2)no1)C(=O)c1ccc(CS(=O)(=O)N2CCCC2)cc1. The van der Waals surface area contributed by atoms with Gasteiger partial charge >= 0.3 is 0 Å². The van der Waals surface area contributed by atoms with Crippen LogP contribution in [0.2, 0.25) is 0 Å². The van der Waals surface area contributed by atoms with Crippen LogP contribution in [0.3, 0.4) is 0 Å². The molecule has 2 aromatic carbocycles. The molecule has 1 aromatic heterocycles. The highest BCUT2D eigenvalue weighted by Crippen LogP contribution is 2.19. The molecule has 1 saturated heterocycles. The van der Waals surface area contributed by atoms with E-state index in [4.69, 9.17) is 4.52 Å². The summed E-state index contributed by atoms with van der Waals surface area (Å²) in [6.45, 7) is 1.35. The van der Waals surface area contributed by atoms with Gasteiger partial charge in [0.05, 0.1) is 12.3 Å². The standard InChI is InChI=1S/C22H24N4O4S/c1-25(15-20-23-21(24-30-20)18-7-3-2-4-8-18)22(27)19-11-9-17(10-12-19)16-31(28,29)26-13-5-6-14-26/h2-4,7-12H,5-6,13-16H2,1H3. The van der Waals surface area contributed by atoms with Crippen LogP contribution in [0.5, 0.6) is 0 Å². The molecule has 1 aliphatic rings. The molecular weight excluding hydrogens is 416 g/mol. The van der Waals surface area contributed by atoms with Crippen molar-refractivity contribution in [1.82, 2.24) is 19.3 Å². The van der Waals surface area contributed by atoms with Gasteiger partial charge in [-0.25, -0.2) is 12.7 Å². The molecule has 162 valence electrons. The summed E-state index contributed by atoms with van der Waals surface area (Å²) in [6, 6.07) is 16.1. The topological polar surface area (TPSA) is 96.6 Å². The quantitative estimate of drug-likeness (QED) is 0.560. The Bertz CT molecular complexity index is 1140. The van der Waals surface area contributed by atoms with Gasteiger partial charge in [-0.3, -0.25) is 4.79 Å². The largest absolute Gasteiger partial charge is 0.337 e. The monoisotopic (exact) mass is 440 g/mol. The molecule has 1 aliphatic heterocycles. The molecule has 8 nitrogen and oxygen atoms in total. The van der Waals surface area contributed by atoms with Crippen LogP contribution in [-0.4, -0.2) is 53.8 Å². The zero-order valence-corrected chi connectivity index (χ0v) is 18.1. The Morgan fingerprint density at radius 3 is 2.42 bits per heavy atom. The van der Waals surface area contributed by atoms with E-state index in [0.29, 0.717) is 35.9 Å². The molecule has 0 bridgehead atoms. The summed E-state index contributed by atoms with van der Waals surface area (Å²) in [5.41, 5.74) is 1.97. The first-order valence-corrected chi connectivity index (χ1v) is 11.7. The predicted octanol–water partition coefficient (Wildman–Crippen LogP) is 2.93.